The maximum atomic E-state index is 6.40. The van der Waals surface area contributed by atoms with Crippen molar-refractivity contribution in [2.75, 3.05) is 25.1 Å². The molecule has 118 valence electrons. The van der Waals surface area contributed by atoms with E-state index in [9.17, 15) is 0 Å². The van der Waals surface area contributed by atoms with Crippen LogP contribution in [0.1, 0.15) is 38.7 Å². The van der Waals surface area contributed by atoms with Crippen LogP contribution in [0.3, 0.4) is 0 Å². The van der Waals surface area contributed by atoms with Gasteiger partial charge in [0.1, 0.15) is 0 Å². The zero-order valence-electron chi connectivity index (χ0n) is 13.4. The van der Waals surface area contributed by atoms with E-state index in [1.807, 2.05) is 12.1 Å². The van der Waals surface area contributed by atoms with Crippen molar-refractivity contribution in [2.24, 2.45) is 0 Å². The first kappa shape index (κ1) is 16.6. The van der Waals surface area contributed by atoms with Gasteiger partial charge < -0.3 is 15.0 Å². The monoisotopic (exact) mass is 310 g/mol. The Morgan fingerprint density at radius 2 is 2.19 bits per heavy atom. The van der Waals surface area contributed by atoms with Crippen LogP contribution in [0.15, 0.2) is 18.2 Å². The van der Waals surface area contributed by atoms with Crippen molar-refractivity contribution in [2.45, 2.75) is 51.8 Å². The van der Waals surface area contributed by atoms with Crippen molar-refractivity contribution in [3.05, 3.63) is 28.8 Å². The van der Waals surface area contributed by atoms with Gasteiger partial charge in [0.25, 0.3) is 0 Å². The van der Waals surface area contributed by atoms with Crippen molar-refractivity contribution >= 4 is 17.3 Å². The van der Waals surface area contributed by atoms with E-state index >= 15 is 0 Å². The number of benzene rings is 1. The molecule has 1 aromatic carbocycles. The maximum Gasteiger partial charge on any atom is 0.0749 e. The van der Waals surface area contributed by atoms with Crippen LogP contribution in [-0.4, -0.2) is 32.3 Å². The Kier molecular flexibility index (Phi) is 6.34. The van der Waals surface area contributed by atoms with E-state index in [4.69, 9.17) is 16.3 Å². The van der Waals surface area contributed by atoms with Gasteiger partial charge in [-0.2, -0.15) is 0 Å². The van der Waals surface area contributed by atoms with E-state index in [1.54, 1.807) is 0 Å². The number of ether oxygens (including phenoxy) is 1. The number of nitrogens with zero attached hydrogens (tertiary/aromatic N) is 1. The second-order valence-corrected chi connectivity index (χ2v) is 6.55. The lowest BCUT2D eigenvalue weighted by Crippen LogP contribution is -2.34. The minimum absolute atomic E-state index is 0.341. The number of rotatable bonds is 6. The summed E-state index contributed by atoms with van der Waals surface area (Å²) < 4.78 is 5.85. The smallest absolute Gasteiger partial charge is 0.0749 e. The Morgan fingerprint density at radius 1 is 1.38 bits per heavy atom. The number of halogens is 1. The van der Waals surface area contributed by atoms with Gasteiger partial charge in [-0.1, -0.05) is 31.5 Å². The quantitative estimate of drug-likeness (QED) is 0.864. The van der Waals surface area contributed by atoms with Crippen molar-refractivity contribution in [1.82, 2.24) is 5.32 Å². The third-order valence-electron chi connectivity index (χ3n) is 3.94. The first-order chi connectivity index (χ1) is 10.1. The minimum atomic E-state index is 0.341. The molecule has 0 aliphatic carbocycles. The van der Waals surface area contributed by atoms with Crippen LogP contribution >= 0.6 is 11.6 Å². The molecule has 0 bridgehead atoms. The predicted molar refractivity (Wildman–Crippen MR) is 90.3 cm³/mol. The molecule has 1 unspecified atom stereocenters. The molecule has 2 rings (SSSR count). The Morgan fingerprint density at radius 3 is 2.86 bits per heavy atom. The van der Waals surface area contributed by atoms with Crippen molar-refractivity contribution in [1.29, 1.82) is 0 Å². The first-order valence-corrected chi connectivity index (χ1v) is 8.29. The Bertz CT molecular complexity index is 444. The van der Waals surface area contributed by atoms with E-state index in [0.29, 0.717) is 12.1 Å². The highest BCUT2D eigenvalue weighted by Crippen LogP contribution is 2.28. The SMILES string of the molecule is CC(C)NCc1c(Cl)cccc1N(C)CC1CCCCO1. The summed E-state index contributed by atoms with van der Waals surface area (Å²) in [4.78, 5) is 2.28. The molecule has 1 saturated heterocycles. The maximum absolute atomic E-state index is 6.40. The third-order valence-corrected chi connectivity index (χ3v) is 4.30. The van der Waals surface area contributed by atoms with Crippen molar-refractivity contribution in [3.8, 4) is 0 Å². The second-order valence-electron chi connectivity index (χ2n) is 6.14. The van der Waals surface area contributed by atoms with Crippen LogP contribution in [0.25, 0.3) is 0 Å². The van der Waals surface area contributed by atoms with Gasteiger partial charge in [0.2, 0.25) is 0 Å². The molecule has 1 N–H and O–H groups in total. The molecule has 1 fully saturated rings. The number of hydrogen-bond donors (Lipinski definition) is 1. The van der Waals surface area contributed by atoms with Crippen molar-refractivity contribution in [3.63, 3.8) is 0 Å². The van der Waals surface area contributed by atoms with Gasteiger partial charge in [-0.05, 0) is 31.4 Å². The van der Waals surface area contributed by atoms with Gasteiger partial charge in [0.05, 0.1) is 6.10 Å². The van der Waals surface area contributed by atoms with Crippen LogP contribution < -0.4 is 10.2 Å². The average molecular weight is 311 g/mol. The molecule has 0 saturated carbocycles. The van der Waals surface area contributed by atoms with Crippen LogP contribution in [-0.2, 0) is 11.3 Å². The average Bonchev–Trinajstić information content (AvgIpc) is 2.46. The second kappa shape index (κ2) is 8.02. The fourth-order valence-electron chi connectivity index (χ4n) is 2.74. The van der Waals surface area contributed by atoms with Crippen molar-refractivity contribution < 1.29 is 4.74 Å². The normalized spacial score (nSPS) is 19.0. The fourth-order valence-corrected chi connectivity index (χ4v) is 2.98. The number of nitrogens with one attached hydrogen (secondary N) is 1. The number of likely N-dealkylation sites (N-methyl/N-ethyl adjacent to an activating group) is 1. The highest BCUT2D eigenvalue weighted by molar-refractivity contribution is 6.31. The molecule has 1 aromatic rings. The lowest BCUT2D eigenvalue weighted by atomic mass is 10.1. The van der Waals surface area contributed by atoms with E-state index in [1.165, 1.54) is 24.1 Å². The molecule has 0 amide bonds. The minimum Gasteiger partial charge on any atom is -0.376 e. The Hall–Kier alpha value is -0.770. The van der Waals surface area contributed by atoms with Crippen LogP contribution in [0.5, 0.6) is 0 Å². The first-order valence-electron chi connectivity index (χ1n) is 7.91. The summed E-state index contributed by atoms with van der Waals surface area (Å²) in [6.07, 6.45) is 3.97. The van der Waals surface area contributed by atoms with Crippen LogP contribution in [0, 0.1) is 0 Å². The molecule has 21 heavy (non-hydrogen) atoms. The summed E-state index contributed by atoms with van der Waals surface area (Å²) in [5, 5.41) is 4.29. The highest BCUT2D eigenvalue weighted by Gasteiger charge is 2.18. The topological polar surface area (TPSA) is 24.5 Å². The highest BCUT2D eigenvalue weighted by atomic mass is 35.5. The van der Waals surface area contributed by atoms with Gasteiger partial charge in [0.15, 0.2) is 0 Å². The third kappa shape index (κ3) is 4.87. The van der Waals surface area contributed by atoms with Gasteiger partial charge in [-0.15, -0.1) is 0 Å². The largest absolute Gasteiger partial charge is 0.376 e. The molecule has 1 aliphatic rings. The lowest BCUT2D eigenvalue weighted by Gasteiger charge is -2.30. The van der Waals surface area contributed by atoms with Gasteiger partial charge in [-0.3, -0.25) is 0 Å². The summed E-state index contributed by atoms with van der Waals surface area (Å²) >= 11 is 6.40. The van der Waals surface area contributed by atoms with E-state index < -0.39 is 0 Å². The van der Waals surface area contributed by atoms with Crippen LogP contribution in [0.4, 0.5) is 5.69 Å². The summed E-state index contributed by atoms with van der Waals surface area (Å²) in [6, 6.07) is 6.58. The van der Waals surface area contributed by atoms with Gasteiger partial charge in [-0.25, -0.2) is 0 Å². The molecular weight excluding hydrogens is 284 g/mol. The Balaban J connectivity index is 2.07. The fraction of sp³-hybridized carbons (Fsp3) is 0.647. The van der Waals surface area contributed by atoms with Gasteiger partial charge >= 0.3 is 0 Å². The lowest BCUT2D eigenvalue weighted by molar-refractivity contribution is 0.0216. The van der Waals surface area contributed by atoms with E-state index in [-0.39, 0.29) is 0 Å². The van der Waals surface area contributed by atoms with E-state index in [2.05, 4.69) is 37.2 Å². The molecule has 0 radical (unpaired) electrons. The molecule has 0 spiro atoms. The zero-order chi connectivity index (χ0) is 15.2. The van der Waals surface area contributed by atoms with E-state index in [0.717, 1.165) is 31.1 Å². The summed E-state index contributed by atoms with van der Waals surface area (Å²) in [6.45, 7) is 6.92. The molecule has 1 atom stereocenters. The predicted octanol–water partition coefficient (Wildman–Crippen LogP) is 3.84. The summed E-state index contributed by atoms with van der Waals surface area (Å²) in [5.41, 5.74) is 2.37. The number of anilines is 1. The van der Waals surface area contributed by atoms with Gasteiger partial charge in [0, 0.05) is 49.1 Å². The zero-order valence-corrected chi connectivity index (χ0v) is 14.1. The van der Waals surface area contributed by atoms with Crippen LogP contribution in [0.2, 0.25) is 5.02 Å². The molecule has 3 nitrogen and oxygen atoms in total. The molecule has 1 aliphatic heterocycles. The molecule has 4 heteroatoms. The molecule has 0 aromatic heterocycles. The number of hydrogen-bond acceptors (Lipinski definition) is 3. The Labute approximate surface area is 133 Å². The molecular formula is C17H27ClN2O. The summed E-state index contributed by atoms with van der Waals surface area (Å²) in [5.74, 6) is 0. The summed E-state index contributed by atoms with van der Waals surface area (Å²) in [7, 11) is 2.13. The standard InChI is InChI=1S/C17H27ClN2O/c1-13(2)19-11-15-16(18)8-6-9-17(15)20(3)12-14-7-4-5-10-21-14/h6,8-9,13-14,19H,4-5,7,10-12H2,1-3H3. The molecule has 1 heterocycles.